The second-order valence-electron chi connectivity index (χ2n) is 10.8. The molecule has 36 heavy (non-hydrogen) atoms. The normalized spacial score (nSPS) is 17.7. The highest BCUT2D eigenvalue weighted by atomic mass is 16.5. The first-order chi connectivity index (χ1) is 17.0. The molecule has 1 aromatic heterocycles. The summed E-state index contributed by atoms with van der Waals surface area (Å²) in [6.45, 7) is 10.0. The summed E-state index contributed by atoms with van der Waals surface area (Å²) in [7, 11) is 3.93. The van der Waals surface area contributed by atoms with Crippen molar-refractivity contribution in [1.82, 2.24) is 20.0 Å². The molecule has 0 saturated carbocycles. The van der Waals surface area contributed by atoms with Crippen molar-refractivity contribution in [2.45, 2.75) is 45.6 Å². The second kappa shape index (κ2) is 10.6. The monoisotopic (exact) mass is 498 g/mol. The van der Waals surface area contributed by atoms with E-state index in [4.69, 9.17) is 9.15 Å². The van der Waals surface area contributed by atoms with Gasteiger partial charge in [0.2, 0.25) is 11.8 Å². The van der Waals surface area contributed by atoms with Gasteiger partial charge in [-0.3, -0.25) is 14.5 Å². The lowest BCUT2D eigenvalue weighted by Gasteiger charge is -2.34. The van der Waals surface area contributed by atoms with Crippen LogP contribution in [0.25, 0.3) is 11.0 Å². The summed E-state index contributed by atoms with van der Waals surface area (Å²) < 4.78 is 11.7. The van der Waals surface area contributed by atoms with Crippen LogP contribution in [0.15, 0.2) is 21.3 Å². The Labute approximate surface area is 212 Å². The largest absolute Gasteiger partial charge is 0.487 e. The van der Waals surface area contributed by atoms with E-state index < -0.39 is 5.63 Å². The molecule has 9 nitrogen and oxygen atoms in total. The fourth-order valence-corrected chi connectivity index (χ4v) is 4.84. The van der Waals surface area contributed by atoms with E-state index >= 15 is 0 Å². The Morgan fingerprint density at radius 3 is 2.56 bits per heavy atom. The average molecular weight is 499 g/mol. The maximum Gasteiger partial charge on any atom is 0.340 e. The zero-order chi connectivity index (χ0) is 26.0. The summed E-state index contributed by atoms with van der Waals surface area (Å²) in [6, 6.07) is 3.84. The number of hydrogen-bond acceptors (Lipinski definition) is 7. The van der Waals surface area contributed by atoms with Crippen LogP contribution in [-0.4, -0.2) is 92.0 Å². The number of carbonyl (C=O) groups is 2. The fraction of sp³-hybridized carbons (Fsp3) is 0.593. The Morgan fingerprint density at radius 2 is 1.86 bits per heavy atom. The third-order valence-electron chi connectivity index (χ3n) is 7.15. The number of ether oxygens (including phenoxy) is 1. The molecule has 2 aliphatic rings. The summed E-state index contributed by atoms with van der Waals surface area (Å²) >= 11 is 0. The molecule has 1 saturated heterocycles. The van der Waals surface area contributed by atoms with Gasteiger partial charge in [0.25, 0.3) is 0 Å². The van der Waals surface area contributed by atoms with Crippen molar-refractivity contribution >= 4 is 22.8 Å². The molecule has 0 bridgehead atoms. The van der Waals surface area contributed by atoms with Gasteiger partial charge in [-0.1, -0.05) is 0 Å². The molecule has 4 rings (SSSR count). The number of benzene rings is 1. The number of nitrogens with one attached hydrogen (secondary N) is 1. The lowest BCUT2D eigenvalue weighted by Crippen LogP contribution is -2.51. The van der Waals surface area contributed by atoms with Gasteiger partial charge in [-0.15, -0.1) is 0 Å². The van der Waals surface area contributed by atoms with Crippen LogP contribution in [0, 0.1) is 6.92 Å². The summed E-state index contributed by atoms with van der Waals surface area (Å²) in [5.41, 5.74) is 2.06. The minimum absolute atomic E-state index is 0.00262. The molecule has 3 heterocycles. The van der Waals surface area contributed by atoms with Crippen molar-refractivity contribution in [3.05, 3.63) is 39.2 Å². The number of hydrogen-bond donors (Lipinski definition) is 1. The molecular weight excluding hydrogens is 460 g/mol. The maximum absolute atomic E-state index is 13.1. The predicted octanol–water partition coefficient (Wildman–Crippen LogP) is 1.57. The van der Waals surface area contributed by atoms with Crippen molar-refractivity contribution in [2.24, 2.45) is 0 Å². The smallest absolute Gasteiger partial charge is 0.340 e. The lowest BCUT2D eigenvalue weighted by atomic mass is 9.92. The number of amides is 2. The number of likely N-dealkylation sites (N-methyl/N-ethyl adjacent to an activating group) is 1. The molecular formula is C27H38N4O5. The number of piperazine rings is 1. The molecule has 0 radical (unpaired) electrons. The van der Waals surface area contributed by atoms with Crippen molar-refractivity contribution in [1.29, 1.82) is 0 Å². The Hall–Kier alpha value is -2.91. The molecule has 0 atom stereocenters. The van der Waals surface area contributed by atoms with Crippen LogP contribution in [0.3, 0.4) is 0 Å². The van der Waals surface area contributed by atoms with E-state index in [0.717, 1.165) is 41.6 Å². The van der Waals surface area contributed by atoms with Crippen LogP contribution in [-0.2, 0) is 22.4 Å². The van der Waals surface area contributed by atoms with Gasteiger partial charge in [0.15, 0.2) is 0 Å². The Morgan fingerprint density at radius 1 is 1.14 bits per heavy atom. The van der Waals surface area contributed by atoms with E-state index in [-0.39, 0.29) is 23.8 Å². The highest BCUT2D eigenvalue weighted by molar-refractivity contribution is 5.86. The summed E-state index contributed by atoms with van der Waals surface area (Å²) in [4.78, 5) is 43.9. The van der Waals surface area contributed by atoms with Gasteiger partial charge in [0.05, 0.1) is 18.5 Å². The van der Waals surface area contributed by atoms with Gasteiger partial charge < -0.3 is 24.3 Å². The van der Waals surface area contributed by atoms with E-state index in [2.05, 4.69) is 24.1 Å². The molecule has 196 valence electrons. The molecule has 9 heteroatoms. The number of fused-ring (bicyclic) bond motifs is 2. The van der Waals surface area contributed by atoms with Crippen LogP contribution >= 0.6 is 0 Å². The summed E-state index contributed by atoms with van der Waals surface area (Å²) in [6.07, 6.45) is 1.81. The van der Waals surface area contributed by atoms with Gasteiger partial charge in [0, 0.05) is 50.7 Å². The number of nitrogens with zero attached hydrogens (tertiary/aromatic N) is 3. The molecule has 0 spiro atoms. The van der Waals surface area contributed by atoms with Gasteiger partial charge in [-0.05, 0) is 64.9 Å². The Bertz CT molecular complexity index is 1190. The van der Waals surface area contributed by atoms with Crippen molar-refractivity contribution in [2.75, 3.05) is 59.9 Å². The van der Waals surface area contributed by atoms with Crippen LogP contribution in [0.2, 0.25) is 0 Å². The molecule has 2 amide bonds. The lowest BCUT2D eigenvalue weighted by molar-refractivity contribution is -0.132. The Balaban J connectivity index is 1.38. The second-order valence-corrected chi connectivity index (χ2v) is 10.8. The SMILES string of the molecule is Cc1c(CC(=O)N2CCN(CC(=O)NCCN(C)C)CC2)c(=O)oc2cc3c(cc12)CCC(C)(C)O3. The fourth-order valence-electron chi connectivity index (χ4n) is 4.84. The van der Waals surface area contributed by atoms with Crippen LogP contribution < -0.4 is 15.7 Å². The molecule has 1 N–H and O–H groups in total. The maximum atomic E-state index is 13.1. The molecule has 1 fully saturated rings. The van der Waals surface area contributed by atoms with Gasteiger partial charge in [-0.25, -0.2) is 4.79 Å². The van der Waals surface area contributed by atoms with E-state index in [9.17, 15) is 14.4 Å². The zero-order valence-corrected chi connectivity index (χ0v) is 22.1. The molecule has 0 unspecified atom stereocenters. The standard InChI is InChI=1S/C27H38N4O5/c1-18-20-14-19-6-7-27(2,3)36-22(19)16-23(20)35-26(34)21(18)15-25(33)31-12-10-30(11-13-31)17-24(32)28-8-9-29(4)5/h14,16H,6-13,15,17H2,1-5H3,(H,28,32). The Kier molecular flexibility index (Phi) is 7.70. The first-order valence-corrected chi connectivity index (χ1v) is 12.7. The quantitative estimate of drug-likeness (QED) is 0.579. The first-order valence-electron chi connectivity index (χ1n) is 12.7. The van der Waals surface area contributed by atoms with E-state index in [1.165, 1.54) is 0 Å². The van der Waals surface area contributed by atoms with E-state index in [1.54, 1.807) is 4.90 Å². The zero-order valence-electron chi connectivity index (χ0n) is 22.1. The average Bonchev–Trinajstić information content (AvgIpc) is 2.80. The third kappa shape index (κ3) is 6.07. The molecule has 2 aliphatic heterocycles. The minimum atomic E-state index is -0.476. The summed E-state index contributed by atoms with van der Waals surface area (Å²) in [5, 5.41) is 3.77. The van der Waals surface area contributed by atoms with Crippen LogP contribution in [0.4, 0.5) is 0 Å². The van der Waals surface area contributed by atoms with E-state index in [1.807, 2.05) is 38.1 Å². The van der Waals surface area contributed by atoms with Crippen molar-refractivity contribution in [3.63, 3.8) is 0 Å². The topological polar surface area (TPSA) is 95.3 Å². The van der Waals surface area contributed by atoms with Crippen LogP contribution in [0.5, 0.6) is 5.75 Å². The van der Waals surface area contributed by atoms with Gasteiger partial charge in [0.1, 0.15) is 16.9 Å². The summed E-state index contributed by atoms with van der Waals surface area (Å²) in [5.74, 6) is 0.662. The van der Waals surface area contributed by atoms with Crippen molar-refractivity contribution < 1.29 is 18.7 Å². The predicted molar refractivity (Wildman–Crippen MR) is 139 cm³/mol. The van der Waals surface area contributed by atoms with E-state index in [0.29, 0.717) is 50.4 Å². The number of aryl methyl sites for hydroxylation is 2. The molecule has 0 aliphatic carbocycles. The molecule has 2 aromatic rings. The van der Waals surface area contributed by atoms with Crippen LogP contribution in [0.1, 0.15) is 37.0 Å². The van der Waals surface area contributed by atoms with Gasteiger partial charge in [-0.2, -0.15) is 0 Å². The number of carbonyl (C=O) groups excluding carboxylic acids is 2. The third-order valence-corrected chi connectivity index (χ3v) is 7.15. The van der Waals surface area contributed by atoms with Crippen molar-refractivity contribution in [3.8, 4) is 5.75 Å². The minimum Gasteiger partial charge on any atom is -0.487 e. The number of rotatable bonds is 7. The molecule has 1 aromatic carbocycles. The highest BCUT2D eigenvalue weighted by Crippen LogP contribution is 2.36. The first kappa shape index (κ1) is 26.2. The highest BCUT2D eigenvalue weighted by Gasteiger charge is 2.28. The van der Waals surface area contributed by atoms with Gasteiger partial charge >= 0.3 is 5.63 Å².